The van der Waals surface area contributed by atoms with Gasteiger partial charge < -0.3 is 14.8 Å². The van der Waals surface area contributed by atoms with Gasteiger partial charge in [-0.15, -0.1) is 5.10 Å². The maximum absolute atomic E-state index is 11.4. The molecule has 0 saturated heterocycles. The molecule has 0 unspecified atom stereocenters. The topological polar surface area (TPSA) is 117 Å². The van der Waals surface area contributed by atoms with Crippen molar-refractivity contribution in [2.75, 3.05) is 18.5 Å². The number of aromatic nitrogens is 4. The third-order valence-corrected chi connectivity index (χ3v) is 4.64. The van der Waals surface area contributed by atoms with Gasteiger partial charge in [-0.2, -0.15) is 10.2 Å². The van der Waals surface area contributed by atoms with Gasteiger partial charge in [-0.3, -0.25) is 10.1 Å². The van der Waals surface area contributed by atoms with E-state index >= 15 is 0 Å². The Kier molecular flexibility index (Phi) is 7.27. The van der Waals surface area contributed by atoms with Crippen LogP contribution in [0.15, 0.2) is 36.5 Å². The zero-order valence-electron chi connectivity index (χ0n) is 18.0. The molecule has 0 atom stereocenters. The monoisotopic (exact) mass is 426 g/mol. The van der Waals surface area contributed by atoms with E-state index in [0.717, 1.165) is 5.56 Å². The summed E-state index contributed by atoms with van der Waals surface area (Å²) < 4.78 is 13.1. The number of nitro groups is 1. The molecule has 1 N–H and O–H groups in total. The van der Waals surface area contributed by atoms with Crippen LogP contribution in [0.5, 0.6) is 0 Å². The highest BCUT2D eigenvalue weighted by Crippen LogP contribution is 2.30. The minimum Gasteiger partial charge on any atom is -0.351 e. The average molecular weight is 426 g/mol. The third-order valence-electron chi connectivity index (χ3n) is 4.64. The Bertz CT molecular complexity index is 1030. The van der Waals surface area contributed by atoms with Gasteiger partial charge in [0.1, 0.15) is 17.2 Å². The van der Waals surface area contributed by atoms with E-state index in [0.29, 0.717) is 48.2 Å². The molecule has 0 spiro atoms. The van der Waals surface area contributed by atoms with E-state index in [-0.39, 0.29) is 10.6 Å². The molecule has 0 amide bonds. The Morgan fingerprint density at radius 1 is 1.13 bits per heavy atom. The van der Waals surface area contributed by atoms with E-state index in [4.69, 9.17) is 9.47 Å². The van der Waals surface area contributed by atoms with Crippen molar-refractivity contribution in [3.63, 3.8) is 0 Å². The van der Waals surface area contributed by atoms with Crippen molar-refractivity contribution < 1.29 is 14.4 Å². The summed E-state index contributed by atoms with van der Waals surface area (Å²) in [5.41, 5.74) is 3.38. The lowest BCUT2D eigenvalue weighted by molar-refractivity contribution is -0.385. The van der Waals surface area contributed by atoms with E-state index in [9.17, 15) is 10.1 Å². The number of nitro benzene ring substituents is 1. The summed E-state index contributed by atoms with van der Waals surface area (Å²) in [5, 5.41) is 27.4. The molecule has 31 heavy (non-hydrogen) atoms. The molecule has 164 valence electrons. The van der Waals surface area contributed by atoms with Gasteiger partial charge in [-0.1, -0.05) is 0 Å². The highest BCUT2D eigenvalue weighted by molar-refractivity contribution is 5.68. The number of rotatable bonds is 10. The first-order chi connectivity index (χ1) is 14.9. The summed E-state index contributed by atoms with van der Waals surface area (Å²) in [6.07, 6.45) is 1.10. The van der Waals surface area contributed by atoms with Crippen LogP contribution >= 0.6 is 0 Å². The van der Waals surface area contributed by atoms with Crippen molar-refractivity contribution in [3.05, 3.63) is 57.8 Å². The van der Waals surface area contributed by atoms with Crippen molar-refractivity contribution in [1.29, 1.82) is 0 Å². The predicted molar refractivity (Wildman–Crippen MR) is 116 cm³/mol. The Morgan fingerprint density at radius 3 is 2.48 bits per heavy atom. The summed E-state index contributed by atoms with van der Waals surface area (Å²) in [4.78, 5) is 11.0. The second-order valence-corrected chi connectivity index (χ2v) is 6.88. The molecule has 3 rings (SSSR count). The first-order valence-corrected chi connectivity index (χ1v) is 10.0. The predicted octanol–water partition coefficient (Wildman–Crippen LogP) is 4.01. The Morgan fingerprint density at radius 2 is 1.87 bits per heavy atom. The number of hydrogen-bond acceptors (Lipinski definition) is 8. The Labute approximate surface area is 180 Å². The van der Waals surface area contributed by atoms with Crippen molar-refractivity contribution in [2.45, 2.75) is 40.5 Å². The molecule has 0 fully saturated rings. The summed E-state index contributed by atoms with van der Waals surface area (Å²) in [5.74, 6) is 0.631. The zero-order valence-corrected chi connectivity index (χ0v) is 18.0. The van der Waals surface area contributed by atoms with Crippen LogP contribution in [0.25, 0.3) is 11.4 Å². The minimum absolute atomic E-state index is 0.0508. The van der Waals surface area contributed by atoms with Gasteiger partial charge >= 0.3 is 0 Å². The van der Waals surface area contributed by atoms with Crippen LogP contribution in [0.1, 0.15) is 25.0 Å². The van der Waals surface area contributed by atoms with E-state index in [1.165, 1.54) is 6.07 Å². The number of benzene rings is 1. The molecular formula is C21H26N6O4. The molecule has 0 saturated carbocycles. The van der Waals surface area contributed by atoms with Gasteiger partial charge in [-0.05, 0) is 51.5 Å². The largest absolute Gasteiger partial charge is 0.351 e. The van der Waals surface area contributed by atoms with Crippen molar-refractivity contribution >= 4 is 17.2 Å². The van der Waals surface area contributed by atoms with Crippen molar-refractivity contribution in [3.8, 4) is 11.4 Å². The first-order valence-electron chi connectivity index (χ1n) is 10.0. The van der Waals surface area contributed by atoms with Gasteiger partial charge in [0.25, 0.3) is 5.69 Å². The Hall–Kier alpha value is -3.37. The molecule has 1 aromatic carbocycles. The molecule has 0 aliphatic carbocycles. The number of ether oxygens (including phenoxy) is 2. The number of nitrogens with one attached hydrogen (secondary N) is 1. The van der Waals surface area contributed by atoms with Crippen LogP contribution in [-0.4, -0.2) is 44.4 Å². The van der Waals surface area contributed by atoms with E-state index in [2.05, 4.69) is 20.6 Å². The molecule has 0 aliphatic rings. The van der Waals surface area contributed by atoms with Gasteiger partial charge in [-0.25, -0.2) is 4.68 Å². The molecule has 0 radical (unpaired) electrons. The molecule has 10 nitrogen and oxygen atoms in total. The Balaban J connectivity index is 2.00. The smallest absolute Gasteiger partial charge is 0.274 e. The molecule has 10 heteroatoms. The van der Waals surface area contributed by atoms with Gasteiger partial charge in [0, 0.05) is 42.8 Å². The van der Waals surface area contributed by atoms with Gasteiger partial charge in [0.05, 0.1) is 11.5 Å². The second-order valence-electron chi connectivity index (χ2n) is 6.88. The third kappa shape index (κ3) is 5.41. The second kappa shape index (κ2) is 10.1. The highest BCUT2D eigenvalue weighted by atomic mass is 16.7. The van der Waals surface area contributed by atoms with Crippen molar-refractivity contribution in [1.82, 2.24) is 20.0 Å². The minimum atomic E-state index is -0.487. The lowest BCUT2D eigenvalue weighted by Crippen LogP contribution is -2.25. The zero-order chi connectivity index (χ0) is 22.4. The lowest BCUT2D eigenvalue weighted by Gasteiger charge is -2.19. The SMILES string of the molecule is CCOC(Cn1nc(-c2cccnn2)cc1Nc1cc([N+](=O)[O-])c(C)cc1C)OCC. The molecular weight excluding hydrogens is 400 g/mol. The quantitative estimate of drug-likeness (QED) is 0.294. The average Bonchev–Trinajstić information content (AvgIpc) is 3.13. The summed E-state index contributed by atoms with van der Waals surface area (Å²) in [6.45, 7) is 8.73. The highest BCUT2D eigenvalue weighted by Gasteiger charge is 2.19. The van der Waals surface area contributed by atoms with Crippen LogP contribution < -0.4 is 5.32 Å². The maximum Gasteiger partial charge on any atom is 0.274 e. The van der Waals surface area contributed by atoms with Crippen LogP contribution in [0.2, 0.25) is 0 Å². The number of nitrogens with zero attached hydrogens (tertiary/aromatic N) is 5. The van der Waals surface area contributed by atoms with Crippen LogP contribution in [0, 0.1) is 24.0 Å². The van der Waals surface area contributed by atoms with E-state index < -0.39 is 6.29 Å². The standard InChI is InChI=1S/C21H26N6O4/c1-5-30-21(31-6-2)13-26-20(12-18(25-26)16-8-7-9-22-24-16)23-17-11-19(27(28)29)15(4)10-14(17)3/h7-12,21,23H,5-6,13H2,1-4H3. The van der Waals surface area contributed by atoms with Crippen molar-refractivity contribution in [2.24, 2.45) is 0 Å². The van der Waals surface area contributed by atoms with Gasteiger partial charge in [0.15, 0.2) is 6.29 Å². The fourth-order valence-corrected chi connectivity index (χ4v) is 3.20. The van der Waals surface area contributed by atoms with E-state index in [1.54, 1.807) is 29.9 Å². The summed E-state index contributed by atoms with van der Waals surface area (Å²) in [7, 11) is 0. The molecule has 2 aromatic heterocycles. The first kappa shape index (κ1) is 22.3. The summed E-state index contributed by atoms with van der Waals surface area (Å²) >= 11 is 0. The molecule has 0 aliphatic heterocycles. The van der Waals surface area contributed by atoms with Gasteiger partial charge in [0.2, 0.25) is 0 Å². The molecule has 0 bridgehead atoms. The maximum atomic E-state index is 11.4. The van der Waals surface area contributed by atoms with Crippen LogP contribution in [0.3, 0.4) is 0 Å². The fraction of sp³-hybridized carbons (Fsp3) is 0.381. The summed E-state index contributed by atoms with van der Waals surface area (Å²) in [6, 6.07) is 8.74. The number of hydrogen-bond donors (Lipinski definition) is 1. The van der Waals surface area contributed by atoms with Crippen LogP contribution in [0.4, 0.5) is 17.2 Å². The van der Waals surface area contributed by atoms with Crippen LogP contribution in [-0.2, 0) is 16.0 Å². The fourth-order valence-electron chi connectivity index (χ4n) is 3.20. The van der Waals surface area contributed by atoms with E-state index in [1.807, 2.05) is 32.9 Å². The normalized spacial score (nSPS) is 11.1. The molecule has 3 aromatic rings. The molecule has 2 heterocycles. The lowest BCUT2D eigenvalue weighted by atomic mass is 10.1. The number of anilines is 2. The number of aryl methyl sites for hydroxylation is 2.